The molecular formula is C13H16F6O. The van der Waals surface area contributed by atoms with Crippen molar-refractivity contribution in [3.63, 3.8) is 0 Å². The molecule has 1 aromatic carbocycles. The lowest BCUT2D eigenvalue weighted by atomic mass is 10.1. The lowest BCUT2D eigenvalue weighted by molar-refractivity contribution is -0.143. The van der Waals surface area contributed by atoms with Crippen LogP contribution in [0.2, 0.25) is 0 Å². The van der Waals surface area contributed by atoms with Crippen molar-refractivity contribution in [2.24, 2.45) is 0 Å². The van der Waals surface area contributed by atoms with E-state index in [0.29, 0.717) is 12.1 Å². The molecule has 7 heteroatoms. The summed E-state index contributed by atoms with van der Waals surface area (Å²) in [5, 5.41) is 0. The fraction of sp³-hybridized carbons (Fsp3) is 0.462. The summed E-state index contributed by atoms with van der Waals surface area (Å²) in [4.78, 5) is 10.2. The van der Waals surface area contributed by atoms with Crippen molar-refractivity contribution >= 4 is 6.29 Å². The minimum atomic E-state index is -4.92. The minimum Gasteiger partial charge on any atom is -0.298 e. The molecule has 0 amide bonds. The van der Waals surface area contributed by atoms with Crippen LogP contribution in [0.25, 0.3) is 0 Å². The van der Waals surface area contributed by atoms with E-state index in [-0.39, 0.29) is 12.4 Å². The second kappa shape index (κ2) is 8.60. The first-order valence-corrected chi connectivity index (χ1v) is 5.89. The molecule has 0 bridgehead atoms. The number of alkyl halides is 6. The smallest absolute Gasteiger partial charge is 0.298 e. The zero-order chi connectivity index (χ0) is 16.6. The van der Waals surface area contributed by atoms with Gasteiger partial charge in [-0.25, -0.2) is 0 Å². The molecule has 0 aliphatic rings. The molecule has 0 aromatic heterocycles. The van der Waals surface area contributed by atoms with Gasteiger partial charge in [-0.1, -0.05) is 27.7 Å². The van der Waals surface area contributed by atoms with Crippen LogP contribution in [-0.2, 0) is 12.4 Å². The maximum absolute atomic E-state index is 12.2. The maximum Gasteiger partial charge on any atom is 0.416 e. The molecule has 1 aromatic rings. The highest BCUT2D eigenvalue weighted by atomic mass is 19.4. The largest absolute Gasteiger partial charge is 0.416 e. The number of halogens is 6. The molecule has 0 N–H and O–H groups in total. The highest BCUT2D eigenvalue weighted by Gasteiger charge is 2.36. The highest BCUT2D eigenvalue weighted by molar-refractivity contribution is 5.75. The van der Waals surface area contributed by atoms with Crippen LogP contribution in [0.5, 0.6) is 0 Å². The molecular weight excluding hydrogens is 286 g/mol. The van der Waals surface area contributed by atoms with E-state index in [0.717, 1.165) is 0 Å². The Labute approximate surface area is 113 Å². The van der Waals surface area contributed by atoms with E-state index in [1.165, 1.54) is 0 Å². The van der Waals surface area contributed by atoms with Crippen LogP contribution in [0, 0.1) is 0 Å². The zero-order valence-electron chi connectivity index (χ0n) is 11.5. The van der Waals surface area contributed by atoms with Gasteiger partial charge in [0, 0.05) is 5.56 Å². The van der Waals surface area contributed by atoms with E-state index in [1.54, 1.807) is 0 Å². The van der Waals surface area contributed by atoms with Crippen molar-refractivity contribution in [1.82, 2.24) is 0 Å². The SMILES string of the molecule is CC.CC.O=Cc1cc(C(F)(F)F)cc(C(F)(F)F)c1. The summed E-state index contributed by atoms with van der Waals surface area (Å²) >= 11 is 0. The molecule has 0 spiro atoms. The third-order valence-electron chi connectivity index (χ3n) is 1.75. The Morgan fingerprint density at radius 3 is 1.25 bits per heavy atom. The normalized spacial score (nSPS) is 10.7. The Kier molecular flexibility index (Phi) is 8.94. The van der Waals surface area contributed by atoms with Gasteiger partial charge in [-0.3, -0.25) is 4.79 Å². The summed E-state index contributed by atoms with van der Waals surface area (Å²) in [7, 11) is 0. The van der Waals surface area contributed by atoms with Crippen LogP contribution in [0.15, 0.2) is 18.2 Å². The molecule has 116 valence electrons. The van der Waals surface area contributed by atoms with Gasteiger partial charge in [0.05, 0.1) is 11.1 Å². The number of aldehydes is 1. The molecule has 0 aliphatic carbocycles. The number of hydrogen-bond donors (Lipinski definition) is 0. The summed E-state index contributed by atoms with van der Waals surface area (Å²) in [6, 6.07) is 0.692. The van der Waals surface area contributed by atoms with Crippen molar-refractivity contribution in [1.29, 1.82) is 0 Å². The van der Waals surface area contributed by atoms with Gasteiger partial charge in [-0.2, -0.15) is 26.3 Å². The van der Waals surface area contributed by atoms with Gasteiger partial charge >= 0.3 is 12.4 Å². The van der Waals surface area contributed by atoms with Crippen LogP contribution < -0.4 is 0 Å². The first-order chi connectivity index (χ1) is 9.14. The summed E-state index contributed by atoms with van der Waals surface area (Å²) in [5.41, 5.74) is -3.66. The fourth-order valence-corrected chi connectivity index (χ4v) is 1.05. The Morgan fingerprint density at radius 1 is 0.750 bits per heavy atom. The number of benzene rings is 1. The second-order valence-corrected chi connectivity index (χ2v) is 2.96. The minimum absolute atomic E-state index is 0.0347. The predicted molar refractivity (Wildman–Crippen MR) is 64.5 cm³/mol. The lowest BCUT2D eigenvalue weighted by Gasteiger charge is -2.12. The van der Waals surface area contributed by atoms with E-state index in [2.05, 4.69) is 0 Å². The highest BCUT2D eigenvalue weighted by Crippen LogP contribution is 2.35. The summed E-state index contributed by atoms with van der Waals surface area (Å²) < 4.78 is 73.1. The quantitative estimate of drug-likeness (QED) is 0.488. The van der Waals surface area contributed by atoms with Crippen LogP contribution in [0.4, 0.5) is 26.3 Å². The number of rotatable bonds is 1. The molecule has 0 saturated heterocycles. The summed E-state index contributed by atoms with van der Waals surface area (Å²) in [6.45, 7) is 8.00. The molecule has 1 rings (SSSR count). The molecule has 0 unspecified atom stereocenters. The average Bonchev–Trinajstić information content (AvgIpc) is 2.41. The Morgan fingerprint density at radius 2 is 1.05 bits per heavy atom. The Balaban J connectivity index is 0. The van der Waals surface area contributed by atoms with E-state index >= 15 is 0 Å². The third-order valence-corrected chi connectivity index (χ3v) is 1.75. The van der Waals surface area contributed by atoms with Gasteiger partial charge in [-0.15, -0.1) is 0 Å². The van der Waals surface area contributed by atoms with Crippen molar-refractivity contribution in [3.05, 3.63) is 34.9 Å². The van der Waals surface area contributed by atoms with E-state index in [1.807, 2.05) is 27.7 Å². The topological polar surface area (TPSA) is 17.1 Å². The van der Waals surface area contributed by atoms with Gasteiger partial charge in [0.2, 0.25) is 0 Å². The molecule has 0 atom stereocenters. The Bertz CT molecular complexity index is 374. The van der Waals surface area contributed by atoms with E-state index in [9.17, 15) is 31.1 Å². The monoisotopic (exact) mass is 302 g/mol. The first-order valence-electron chi connectivity index (χ1n) is 5.89. The standard InChI is InChI=1S/C9H4F6O.2C2H6/c10-8(11,12)6-1-5(4-16)2-7(3-6)9(13,14)15;2*1-2/h1-4H;2*1-2H3. The van der Waals surface area contributed by atoms with Crippen LogP contribution in [-0.4, -0.2) is 6.29 Å². The second-order valence-electron chi connectivity index (χ2n) is 2.96. The van der Waals surface area contributed by atoms with Crippen LogP contribution >= 0.6 is 0 Å². The average molecular weight is 302 g/mol. The van der Waals surface area contributed by atoms with Gasteiger partial charge in [-0.05, 0) is 18.2 Å². The van der Waals surface area contributed by atoms with Crippen molar-refractivity contribution in [2.45, 2.75) is 40.0 Å². The van der Waals surface area contributed by atoms with Gasteiger partial charge in [0.1, 0.15) is 6.29 Å². The molecule has 0 heterocycles. The van der Waals surface area contributed by atoms with Crippen molar-refractivity contribution in [3.8, 4) is 0 Å². The van der Waals surface area contributed by atoms with E-state index < -0.39 is 29.0 Å². The van der Waals surface area contributed by atoms with Crippen LogP contribution in [0.1, 0.15) is 49.2 Å². The Hall–Kier alpha value is -1.53. The van der Waals surface area contributed by atoms with Crippen molar-refractivity contribution < 1.29 is 31.1 Å². The number of carbonyl (C=O) groups excluding carboxylic acids is 1. The molecule has 0 aliphatic heterocycles. The number of hydrogen-bond acceptors (Lipinski definition) is 1. The first kappa shape index (κ1) is 20.8. The van der Waals surface area contributed by atoms with Gasteiger partial charge in [0.25, 0.3) is 0 Å². The molecule has 0 radical (unpaired) electrons. The zero-order valence-corrected chi connectivity index (χ0v) is 11.5. The maximum atomic E-state index is 12.2. The molecule has 1 nitrogen and oxygen atoms in total. The van der Waals surface area contributed by atoms with Gasteiger partial charge < -0.3 is 0 Å². The van der Waals surface area contributed by atoms with Crippen molar-refractivity contribution in [2.75, 3.05) is 0 Å². The van der Waals surface area contributed by atoms with Crippen LogP contribution in [0.3, 0.4) is 0 Å². The predicted octanol–water partition coefficient (Wildman–Crippen LogP) is 5.59. The molecule has 20 heavy (non-hydrogen) atoms. The lowest BCUT2D eigenvalue weighted by Crippen LogP contribution is -2.11. The van der Waals surface area contributed by atoms with Gasteiger partial charge in [0.15, 0.2) is 0 Å². The van der Waals surface area contributed by atoms with E-state index in [4.69, 9.17) is 0 Å². The third kappa shape index (κ3) is 6.58. The number of carbonyl (C=O) groups is 1. The summed E-state index contributed by atoms with van der Waals surface area (Å²) in [5.74, 6) is 0. The summed E-state index contributed by atoms with van der Waals surface area (Å²) in [6.07, 6.45) is -9.90. The molecule has 0 saturated carbocycles. The molecule has 0 fully saturated rings. The fourth-order valence-electron chi connectivity index (χ4n) is 1.05.